The maximum absolute atomic E-state index is 12.8. The second-order valence-corrected chi connectivity index (χ2v) is 6.90. The highest BCUT2D eigenvalue weighted by molar-refractivity contribution is 6.03. The van der Waals surface area contributed by atoms with E-state index in [0.29, 0.717) is 11.1 Å². The Morgan fingerprint density at radius 2 is 1.36 bits per heavy atom. The van der Waals surface area contributed by atoms with Crippen LogP contribution in [-0.2, 0) is 9.53 Å². The summed E-state index contributed by atoms with van der Waals surface area (Å²) in [6.45, 7) is 1.94. The van der Waals surface area contributed by atoms with Crippen LogP contribution in [0.25, 0.3) is 10.8 Å². The number of fused-ring (bicyclic) bond motifs is 1. The van der Waals surface area contributed by atoms with Crippen LogP contribution in [0.3, 0.4) is 0 Å². The summed E-state index contributed by atoms with van der Waals surface area (Å²) in [6.07, 6.45) is -0.127. The quantitative estimate of drug-likeness (QED) is 0.441. The van der Waals surface area contributed by atoms with Crippen LogP contribution in [0.2, 0.25) is 0 Å². The molecule has 0 bridgehead atoms. The van der Waals surface area contributed by atoms with Gasteiger partial charge in [0.2, 0.25) is 0 Å². The van der Waals surface area contributed by atoms with Crippen LogP contribution >= 0.6 is 0 Å². The number of methoxy groups -OCH3 is 1. The van der Waals surface area contributed by atoms with Gasteiger partial charge in [-0.05, 0) is 23.8 Å². The number of aryl methyl sites for hydroxylation is 1. The molecule has 0 fully saturated rings. The van der Waals surface area contributed by atoms with Crippen LogP contribution in [0.1, 0.15) is 39.1 Å². The Morgan fingerprint density at radius 3 is 2.00 bits per heavy atom. The lowest BCUT2D eigenvalue weighted by molar-refractivity contribution is -0.145. The number of Topliss-reactive ketones (excluding diaryl/α,β-unsaturated/α-hetero) is 2. The fourth-order valence-corrected chi connectivity index (χ4v) is 3.19. The monoisotopic (exact) mass is 374 g/mol. The van der Waals surface area contributed by atoms with Crippen molar-refractivity contribution in [1.29, 1.82) is 0 Å². The SMILES string of the molecule is COC(=O)C(CC(=O)c1ccc(C)cc1)CC(=O)c1ccc2ccccc2c1. The topological polar surface area (TPSA) is 60.4 Å². The molecule has 3 rings (SSSR count). The van der Waals surface area contributed by atoms with Gasteiger partial charge < -0.3 is 4.74 Å². The molecule has 0 aromatic heterocycles. The van der Waals surface area contributed by atoms with E-state index >= 15 is 0 Å². The first-order chi connectivity index (χ1) is 13.5. The maximum Gasteiger partial charge on any atom is 0.309 e. The molecule has 0 N–H and O–H groups in total. The van der Waals surface area contributed by atoms with Gasteiger partial charge in [0.15, 0.2) is 11.6 Å². The zero-order valence-electron chi connectivity index (χ0n) is 16.0. The fourth-order valence-electron chi connectivity index (χ4n) is 3.19. The predicted molar refractivity (Wildman–Crippen MR) is 109 cm³/mol. The van der Waals surface area contributed by atoms with Crippen LogP contribution in [-0.4, -0.2) is 24.6 Å². The number of carbonyl (C=O) groups is 3. The van der Waals surface area contributed by atoms with Gasteiger partial charge in [0, 0.05) is 24.0 Å². The minimum atomic E-state index is -0.808. The van der Waals surface area contributed by atoms with Crippen molar-refractivity contribution in [2.45, 2.75) is 19.8 Å². The number of ketones is 2. The van der Waals surface area contributed by atoms with Gasteiger partial charge in [-0.15, -0.1) is 0 Å². The molecule has 0 aliphatic carbocycles. The van der Waals surface area contributed by atoms with Crippen LogP contribution in [0.4, 0.5) is 0 Å². The van der Waals surface area contributed by atoms with Gasteiger partial charge in [-0.2, -0.15) is 0 Å². The molecule has 28 heavy (non-hydrogen) atoms. The number of hydrogen-bond donors (Lipinski definition) is 0. The highest BCUT2D eigenvalue weighted by atomic mass is 16.5. The number of carbonyl (C=O) groups excluding carboxylic acids is 3. The molecule has 0 radical (unpaired) electrons. The molecule has 4 heteroatoms. The lowest BCUT2D eigenvalue weighted by atomic mass is 9.91. The van der Waals surface area contributed by atoms with E-state index < -0.39 is 11.9 Å². The van der Waals surface area contributed by atoms with Crippen LogP contribution in [0.15, 0.2) is 66.7 Å². The Kier molecular flexibility index (Phi) is 5.99. The largest absolute Gasteiger partial charge is 0.469 e. The summed E-state index contributed by atoms with van der Waals surface area (Å²) in [6, 6.07) is 20.4. The number of hydrogen-bond acceptors (Lipinski definition) is 4. The van der Waals surface area contributed by atoms with Crippen molar-refractivity contribution < 1.29 is 19.1 Å². The summed E-state index contributed by atoms with van der Waals surface area (Å²) < 4.78 is 4.83. The van der Waals surface area contributed by atoms with Crippen molar-refractivity contribution in [3.05, 3.63) is 83.4 Å². The summed E-state index contributed by atoms with van der Waals surface area (Å²) in [5, 5.41) is 2.00. The zero-order chi connectivity index (χ0) is 20.1. The second-order valence-electron chi connectivity index (χ2n) is 6.90. The minimum absolute atomic E-state index is 0.0605. The van der Waals surface area contributed by atoms with E-state index in [2.05, 4.69) is 0 Å². The van der Waals surface area contributed by atoms with Gasteiger partial charge in [-0.3, -0.25) is 14.4 Å². The molecule has 0 amide bonds. The molecular weight excluding hydrogens is 352 g/mol. The normalized spacial score (nSPS) is 11.8. The van der Waals surface area contributed by atoms with Crippen molar-refractivity contribution in [3.8, 4) is 0 Å². The van der Waals surface area contributed by atoms with E-state index in [9.17, 15) is 14.4 Å². The predicted octanol–water partition coefficient (Wildman–Crippen LogP) is 4.78. The first kappa shape index (κ1) is 19.5. The Balaban J connectivity index is 1.77. The number of ether oxygens (including phenoxy) is 1. The van der Waals surface area contributed by atoms with E-state index in [1.54, 1.807) is 18.2 Å². The second kappa shape index (κ2) is 8.61. The first-order valence-electron chi connectivity index (χ1n) is 9.17. The third-order valence-corrected chi connectivity index (χ3v) is 4.84. The van der Waals surface area contributed by atoms with Gasteiger partial charge >= 0.3 is 5.97 Å². The van der Waals surface area contributed by atoms with Crippen molar-refractivity contribution in [2.75, 3.05) is 7.11 Å². The Bertz CT molecular complexity index is 1020. The Morgan fingerprint density at radius 1 is 0.786 bits per heavy atom. The van der Waals surface area contributed by atoms with Crippen LogP contribution in [0.5, 0.6) is 0 Å². The summed E-state index contributed by atoms with van der Waals surface area (Å²) in [5.41, 5.74) is 2.10. The molecular formula is C24H22O4. The van der Waals surface area contributed by atoms with Crippen LogP contribution in [0, 0.1) is 12.8 Å². The van der Waals surface area contributed by atoms with E-state index in [1.165, 1.54) is 7.11 Å². The molecule has 0 spiro atoms. The summed E-state index contributed by atoms with van der Waals surface area (Å²) in [4.78, 5) is 37.5. The molecule has 4 nitrogen and oxygen atoms in total. The highest BCUT2D eigenvalue weighted by Gasteiger charge is 2.26. The van der Waals surface area contributed by atoms with E-state index in [-0.39, 0.29) is 24.4 Å². The van der Waals surface area contributed by atoms with Gasteiger partial charge in [0.05, 0.1) is 13.0 Å². The van der Waals surface area contributed by atoms with Crippen molar-refractivity contribution in [3.63, 3.8) is 0 Å². The molecule has 0 aliphatic rings. The van der Waals surface area contributed by atoms with Crippen molar-refractivity contribution >= 4 is 28.3 Å². The molecule has 0 saturated carbocycles. The van der Waals surface area contributed by atoms with Gasteiger partial charge in [0.1, 0.15) is 0 Å². The lowest BCUT2D eigenvalue weighted by Crippen LogP contribution is -2.23. The summed E-state index contributed by atoms with van der Waals surface area (Å²) in [5.74, 6) is -1.72. The summed E-state index contributed by atoms with van der Waals surface area (Å²) in [7, 11) is 1.27. The number of esters is 1. The average molecular weight is 374 g/mol. The fraction of sp³-hybridized carbons (Fsp3) is 0.208. The third-order valence-electron chi connectivity index (χ3n) is 4.84. The maximum atomic E-state index is 12.8. The highest BCUT2D eigenvalue weighted by Crippen LogP contribution is 2.21. The Labute approximate surface area is 164 Å². The van der Waals surface area contributed by atoms with E-state index in [1.807, 2.05) is 55.5 Å². The van der Waals surface area contributed by atoms with Gasteiger partial charge in [-0.25, -0.2) is 0 Å². The average Bonchev–Trinajstić information content (AvgIpc) is 2.72. The van der Waals surface area contributed by atoms with E-state index in [0.717, 1.165) is 16.3 Å². The molecule has 3 aromatic carbocycles. The molecule has 0 saturated heterocycles. The minimum Gasteiger partial charge on any atom is -0.469 e. The smallest absolute Gasteiger partial charge is 0.309 e. The molecule has 0 aliphatic heterocycles. The van der Waals surface area contributed by atoms with Crippen molar-refractivity contribution in [1.82, 2.24) is 0 Å². The van der Waals surface area contributed by atoms with Crippen LogP contribution < -0.4 is 0 Å². The van der Waals surface area contributed by atoms with Gasteiger partial charge in [-0.1, -0.05) is 66.2 Å². The lowest BCUT2D eigenvalue weighted by Gasteiger charge is -2.14. The molecule has 3 aromatic rings. The zero-order valence-corrected chi connectivity index (χ0v) is 16.0. The molecule has 142 valence electrons. The van der Waals surface area contributed by atoms with Gasteiger partial charge in [0.25, 0.3) is 0 Å². The summed E-state index contributed by atoms with van der Waals surface area (Å²) >= 11 is 0. The third kappa shape index (κ3) is 4.52. The number of benzene rings is 3. The first-order valence-corrected chi connectivity index (χ1v) is 9.17. The molecule has 0 heterocycles. The molecule has 1 atom stereocenters. The number of rotatable bonds is 7. The molecule has 1 unspecified atom stereocenters. The Hall–Kier alpha value is -3.27. The standard InChI is InChI=1S/C24H22O4/c1-16-7-9-18(10-8-16)22(25)14-21(24(27)28-2)15-23(26)20-12-11-17-5-3-4-6-19(17)13-20/h3-13,21H,14-15H2,1-2H3. The van der Waals surface area contributed by atoms with Crippen molar-refractivity contribution in [2.24, 2.45) is 5.92 Å². The van der Waals surface area contributed by atoms with E-state index in [4.69, 9.17) is 4.74 Å².